The molecule has 3 aromatic rings. The minimum absolute atomic E-state index is 0.297. The second-order valence-electron chi connectivity index (χ2n) is 5.75. The molecule has 0 atom stereocenters. The molecule has 26 heavy (non-hydrogen) atoms. The van der Waals surface area contributed by atoms with Crippen LogP contribution in [0.2, 0.25) is 0 Å². The largest absolute Gasteiger partial charge is 0.493 e. The van der Waals surface area contributed by atoms with E-state index in [0.29, 0.717) is 35.4 Å². The number of aromatic nitrogens is 2. The highest BCUT2D eigenvalue weighted by molar-refractivity contribution is 5.74. The minimum atomic E-state index is 0.297. The zero-order chi connectivity index (χ0) is 18.5. The van der Waals surface area contributed by atoms with Gasteiger partial charge in [-0.05, 0) is 43.7 Å². The van der Waals surface area contributed by atoms with E-state index in [2.05, 4.69) is 29.0 Å². The number of nitrogens with two attached hydrogens (primary N) is 1. The van der Waals surface area contributed by atoms with E-state index in [4.69, 9.17) is 15.2 Å². The summed E-state index contributed by atoms with van der Waals surface area (Å²) in [6.07, 6.45) is 1.45. The van der Waals surface area contributed by atoms with E-state index in [-0.39, 0.29) is 0 Å². The molecule has 0 amide bonds. The van der Waals surface area contributed by atoms with Crippen molar-refractivity contribution < 1.29 is 9.47 Å². The number of aryl methyl sites for hydroxylation is 1. The number of ether oxygens (including phenoxy) is 2. The number of hydrogen-bond acceptors (Lipinski definition) is 6. The van der Waals surface area contributed by atoms with Crippen molar-refractivity contribution in [2.24, 2.45) is 0 Å². The van der Waals surface area contributed by atoms with Gasteiger partial charge in [0.25, 0.3) is 0 Å². The van der Waals surface area contributed by atoms with Crippen molar-refractivity contribution in [3.8, 4) is 17.4 Å². The third-order valence-corrected chi connectivity index (χ3v) is 3.99. The van der Waals surface area contributed by atoms with Crippen LogP contribution in [0.15, 0.2) is 54.9 Å². The van der Waals surface area contributed by atoms with E-state index in [1.54, 1.807) is 13.2 Å². The van der Waals surface area contributed by atoms with Gasteiger partial charge in [-0.2, -0.15) is 4.98 Å². The summed E-state index contributed by atoms with van der Waals surface area (Å²) in [5.74, 6) is 2.06. The molecule has 0 aliphatic carbocycles. The first-order valence-corrected chi connectivity index (χ1v) is 8.39. The van der Waals surface area contributed by atoms with Gasteiger partial charge in [0.1, 0.15) is 12.0 Å². The molecule has 0 spiro atoms. The Labute approximate surface area is 153 Å². The Balaban J connectivity index is 1.98. The van der Waals surface area contributed by atoms with E-state index >= 15 is 0 Å². The minimum Gasteiger partial charge on any atom is -0.493 e. The fourth-order valence-electron chi connectivity index (χ4n) is 2.72. The Morgan fingerprint density at radius 2 is 1.81 bits per heavy atom. The van der Waals surface area contributed by atoms with E-state index in [9.17, 15) is 0 Å². The molecule has 0 unspecified atom stereocenters. The Morgan fingerprint density at radius 1 is 1.04 bits per heavy atom. The predicted molar refractivity (Wildman–Crippen MR) is 103 cm³/mol. The molecule has 0 aliphatic rings. The fraction of sp³-hybridized carbons (Fsp3) is 0.200. The predicted octanol–water partition coefficient (Wildman–Crippen LogP) is 4.33. The van der Waals surface area contributed by atoms with Gasteiger partial charge in [0.05, 0.1) is 7.11 Å². The number of methoxy groups -OCH3 is 1. The van der Waals surface area contributed by atoms with E-state index in [0.717, 1.165) is 5.69 Å². The summed E-state index contributed by atoms with van der Waals surface area (Å²) in [5, 5.41) is 0. The van der Waals surface area contributed by atoms with Crippen molar-refractivity contribution in [3.63, 3.8) is 0 Å². The van der Waals surface area contributed by atoms with Crippen molar-refractivity contribution >= 4 is 17.2 Å². The molecule has 2 aromatic carbocycles. The van der Waals surface area contributed by atoms with Crippen LogP contribution in [0.25, 0.3) is 0 Å². The van der Waals surface area contributed by atoms with Crippen LogP contribution in [-0.2, 0) is 0 Å². The van der Waals surface area contributed by atoms with Crippen molar-refractivity contribution in [2.75, 3.05) is 24.3 Å². The fourth-order valence-corrected chi connectivity index (χ4v) is 2.72. The Hall–Kier alpha value is -3.28. The maximum Gasteiger partial charge on any atom is 0.248 e. The van der Waals surface area contributed by atoms with E-state index < -0.39 is 0 Å². The molecule has 6 heteroatoms. The van der Waals surface area contributed by atoms with Gasteiger partial charge in [0.2, 0.25) is 5.88 Å². The number of nitrogen functional groups attached to an aromatic ring is 1. The second-order valence-corrected chi connectivity index (χ2v) is 5.75. The van der Waals surface area contributed by atoms with Gasteiger partial charge < -0.3 is 20.1 Å². The van der Waals surface area contributed by atoms with Gasteiger partial charge >= 0.3 is 0 Å². The molecule has 0 saturated heterocycles. The van der Waals surface area contributed by atoms with Crippen LogP contribution < -0.4 is 20.1 Å². The summed E-state index contributed by atoms with van der Waals surface area (Å²) in [4.78, 5) is 10.6. The van der Waals surface area contributed by atoms with Gasteiger partial charge in [-0.3, -0.25) is 0 Å². The Kier molecular flexibility index (Phi) is 5.22. The first-order chi connectivity index (χ1) is 12.6. The van der Waals surface area contributed by atoms with Crippen molar-refractivity contribution in [1.29, 1.82) is 0 Å². The molecule has 3 rings (SSSR count). The average molecular weight is 350 g/mol. The Morgan fingerprint density at radius 3 is 2.50 bits per heavy atom. The SMILES string of the molecule is CCN(c1cccc(C)c1)c1ncnc(Oc2ccccc2OC)c1N. The Bertz CT molecular complexity index is 898. The lowest BCUT2D eigenvalue weighted by atomic mass is 10.2. The number of anilines is 3. The molecular formula is C20H22N4O2. The maximum absolute atomic E-state index is 6.34. The normalized spacial score (nSPS) is 10.4. The highest BCUT2D eigenvalue weighted by Crippen LogP contribution is 2.37. The first kappa shape index (κ1) is 17.5. The number of para-hydroxylation sites is 2. The number of rotatable bonds is 6. The molecule has 1 aromatic heterocycles. The molecule has 0 bridgehead atoms. The van der Waals surface area contributed by atoms with Gasteiger partial charge in [-0.25, -0.2) is 4.98 Å². The molecule has 1 heterocycles. The summed E-state index contributed by atoms with van der Waals surface area (Å²) in [5.41, 5.74) is 8.90. The first-order valence-electron chi connectivity index (χ1n) is 8.39. The molecule has 6 nitrogen and oxygen atoms in total. The zero-order valence-corrected chi connectivity index (χ0v) is 15.1. The summed E-state index contributed by atoms with van der Waals surface area (Å²) in [6.45, 7) is 4.81. The van der Waals surface area contributed by atoms with Gasteiger partial charge in [0, 0.05) is 12.2 Å². The van der Waals surface area contributed by atoms with Crippen LogP contribution in [-0.4, -0.2) is 23.6 Å². The lowest BCUT2D eigenvalue weighted by Gasteiger charge is -2.24. The smallest absolute Gasteiger partial charge is 0.248 e. The van der Waals surface area contributed by atoms with Crippen molar-refractivity contribution in [3.05, 3.63) is 60.4 Å². The topological polar surface area (TPSA) is 73.5 Å². The van der Waals surface area contributed by atoms with E-state index in [1.165, 1.54) is 11.9 Å². The quantitative estimate of drug-likeness (QED) is 0.713. The monoisotopic (exact) mass is 350 g/mol. The molecular weight excluding hydrogens is 328 g/mol. The second kappa shape index (κ2) is 7.74. The van der Waals surface area contributed by atoms with Crippen LogP contribution in [0.3, 0.4) is 0 Å². The van der Waals surface area contributed by atoms with Gasteiger partial charge in [-0.15, -0.1) is 0 Å². The van der Waals surface area contributed by atoms with Crippen LogP contribution in [0.4, 0.5) is 17.2 Å². The van der Waals surface area contributed by atoms with Crippen molar-refractivity contribution in [1.82, 2.24) is 9.97 Å². The number of benzene rings is 2. The van der Waals surface area contributed by atoms with Crippen molar-refractivity contribution in [2.45, 2.75) is 13.8 Å². The summed E-state index contributed by atoms with van der Waals surface area (Å²) < 4.78 is 11.2. The molecule has 0 aliphatic heterocycles. The van der Waals surface area contributed by atoms with Gasteiger partial charge in [0.15, 0.2) is 17.3 Å². The average Bonchev–Trinajstić information content (AvgIpc) is 2.66. The van der Waals surface area contributed by atoms with Crippen LogP contribution in [0, 0.1) is 6.92 Å². The molecule has 0 saturated carbocycles. The molecule has 0 radical (unpaired) electrons. The lowest BCUT2D eigenvalue weighted by molar-refractivity contribution is 0.374. The summed E-state index contributed by atoms with van der Waals surface area (Å²) >= 11 is 0. The maximum atomic E-state index is 6.34. The number of hydrogen-bond donors (Lipinski definition) is 1. The van der Waals surface area contributed by atoms with Gasteiger partial charge in [-0.1, -0.05) is 24.3 Å². The third-order valence-electron chi connectivity index (χ3n) is 3.99. The highest BCUT2D eigenvalue weighted by Gasteiger charge is 2.18. The highest BCUT2D eigenvalue weighted by atomic mass is 16.5. The summed E-state index contributed by atoms with van der Waals surface area (Å²) in [7, 11) is 1.59. The standard InChI is InChI=1S/C20H22N4O2/c1-4-24(15-9-7-8-14(2)12-15)19-18(21)20(23-13-22-19)26-17-11-6-5-10-16(17)25-3/h5-13H,4,21H2,1-3H3. The lowest BCUT2D eigenvalue weighted by Crippen LogP contribution is -2.19. The van der Waals surface area contributed by atoms with Crippen LogP contribution >= 0.6 is 0 Å². The molecule has 134 valence electrons. The van der Waals surface area contributed by atoms with E-state index in [1.807, 2.05) is 42.2 Å². The zero-order valence-electron chi connectivity index (χ0n) is 15.1. The summed E-state index contributed by atoms with van der Waals surface area (Å²) in [6, 6.07) is 15.5. The van der Waals surface area contributed by atoms with Crippen LogP contribution in [0.5, 0.6) is 17.4 Å². The molecule has 2 N–H and O–H groups in total. The van der Waals surface area contributed by atoms with Crippen LogP contribution in [0.1, 0.15) is 12.5 Å². The molecule has 0 fully saturated rings. The number of nitrogens with zero attached hydrogens (tertiary/aromatic N) is 3. The third kappa shape index (κ3) is 3.54.